The predicted molar refractivity (Wildman–Crippen MR) is 153 cm³/mol. The topological polar surface area (TPSA) is 91.2 Å². The lowest BCUT2D eigenvalue weighted by Gasteiger charge is -2.33. The Balaban J connectivity index is 1.38. The van der Waals surface area contributed by atoms with E-state index in [0.29, 0.717) is 35.2 Å². The normalized spacial score (nSPS) is 24.9. The zero-order valence-electron chi connectivity index (χ0n) is 23.2. The molecule has 3 aromatic heterocycles. The second-order valence-corrected chi connectivity index (χ2v) is 12.3. The van der Waals surface area contributed by atoms with Crippen LogP contribution in [0.1, 0.15) is 49.4 Å². The van der Waals surface area contributed by atoms with Crippen molar-refractivity contribution in [1.82, 2.24) is 24.0 Å². The van der Waals surface area contributed by atoms with Crippen molar-refractivity contribution in [3.05, 3.63) is 42.1 Å². The minimum absolute atomic E-state index is 0.0563. The van der Waals surface area contributed by atoms with E-state index < -0.39 is 6.17 Å². The highest BCUT2D eigenvalue weighted by Crippen LogP contribution is 2.41. The van der Waals surface area contributed by atoms with Crippen molar-refractivity contribution >= 4 is 28.0 Å². The van der Waals surface area contributed by atoms with Crippen LogP contribution in [-0.4, -0.2) is 62.3 Å². The molecule has 3 fully saturated rings. The Bertz CT molecular complexity index is 1570. The number of aromatic nitrogens is 4. The molecular formula is C31H37FN6O2. The van der Waals surface area contributed by atoms with E-state index in [2.05, 4.69) is 28.2 Å². The summed E-state index contributed by atoms with van der Waals surface area (Å²) in [6.45, 7) is 4.45. The molecule has 9 heteroatoms. The number of fused-ring (bicyclic) bond motifs is 2. The molecule has 2 saturated carbocycles. The van der Waals surface area contributed by atoms with Crippen molar-refractivity contribution in [2.75, 3.05) is 20.2 Å². The standard InChI is InChI=1S/C31H37FN6O2/c1-18-8-20(9-18)15-38-28-25(10-22(12-27(28)40-2)31(39)36-16-23(32)13-24(33)17-36)35-30(38)26-11-21-4-3-7-34-29(21)37(26)14-19-5-6-19/h3-4,7,10-12,18-20,23-24H,5-6,8-9,13-17,33H2,1-2H3/t18-,20-,23-,24-/m1/s1. The number of benzene rings is 1. The Kier molecular flexibility index (Phi) is 6.29. The second-order valence-electron chi connectivity index (χ2n) is 12.3. The summed E-state index contributed by atoms with van der Waals surface area (Å²) in [6, 6.07) is 9.53. The monoisotopic (exact) mass is 544 g/mol. The SMILES string of the molecule is COc1cc(C(=O)N2C[C@H](N)C[C@@H](F)C2)cc2nc(-c3cc4cccnc4n3CC3CC3)n(C[C@H]3C[C@H](C)C3)c12. The fourth-order valence-corrected chi connectivity index (χ4v) is 6.80. The Labute approximate surface area is 233 Å². The first kappa shape index (κ1) is 25.5. The smallest absolute Gasteiger partial charge is 0.254 e. The first-order valence-corrected chi connectivity index (χ1v) is 14.6. The number of amides is 1. The first-order valence-electron chi connectivity index (χ1n) is 14.6. The molecule has 210 valence electrons. The summed E-state index contributed by atoms with van der Waals surface area (Å²) in [5.74, 6) is 3.20. The molecule has 3 aliphatic rings. The van der Waals surface area contributed by atoms with Crippen LogP contribution >= 0.6 is 0 Å². The average molecular weight is 545 g/mol. The molecule has 1 amide bonds. The number of nitrogens with two attached hydrogens (primary N) is 1. The number of carbonyl (C=O) groups excluding carboxylic acids is 1. The molecule has 1 aliphatic heterocycles. The summed E-state index contributed by atoms with van der Waals surface area (Å²) in [4.78, 5) is 25.0. The largest absolute Gasteiger partial charge is 0.494 e. The molecule has 0 radical (unpaired) electrons. The fraction of sp³-hybridized carbons (Fsp3) is 0.516. The van der Waals surface area contributed by atoms with Crippen LogP contribution in [0.3, 0.4) is 0 Å². The number of halogens is 1. The molecule has 1 aromatic carbocycles. The van der Waals surface area contributed by atoms with E-state index in [0.717, 1.165) is 47.1 Å². The number of nitrogens with zero attached hydrogens (tertiary/aromatic N) is 5. The fourth-order valence-electron chi connectivity index (χ4n) is 6.80. The van der Waals surface area contributed by atoms with E-state index >= 15 is 0 Å². The van der Waals surface area contributed by atoms with Gasteiger partial charge in [-0.2, -0.15) is 0 Å². The minimum atomic E-state index is -1.11. The van der Waals surface area contributed by atoms with Crippen molar-refractivity contribution in [2.24, 2.45) is 23.5 Å². The van der Waals surface area contributed by atoms with Crippen molar-refractivity contribution in [1.29, 1.82) is 0 Å². The van der Waals surface area contributed by atoms with Crippen molar-refractivity contribution < 1.29 is 13.9 Å². The van der Waals surface area contributed by atoms with Gasteiger partial charge in [0.2, 0.25) is 0 Å². The van der Waals surface area contributed by atoms with Gasteiger partial charge >= 0.3 is 0 Å². The van der Waals surface area contributed by atoms with Crippen LogP contribution in [0.4, 0.5) is 4.39 Å². The van der Waals surface area contributed by atoms with E-state index in [-0.39, 0.29) is 24.9 Å². The molecule has 0 unspecified atom stereocenters. The van der Waals surface area contributed by atoms with E-state index in [1.165, 1.54) is 30.6 Å². The average Bonchev–Trinajstić information content (AvgIpc) is 3.57. The number of alkyl halides is 1. The lowest BCUT2D eigenvalue weighted by atomic mass is 9.76. The van der Waals surface area contributed by atoms with Gasteiger partial charge in [-0.15, -0.1) is 0 Å². The third kappa shape index (κ3) is 4.54. The zero-order chi connectivity index (χ0) is 27.5. The van der Waals surface area contributed by atoms with Gasteiger partial charge in [0, 0.05) is 42.8 Å². The van der Waals surface area contributed by atoms with Gasteiger partial charge in [-0.05, 0) is 80.2 Å². The minimum Gasteiger partial charge on any atom is -0.494 e. The van der Waals surface area contributed by atoms with Gasteiger partial charge in [-0.1, -0.05) is 6.92 Å². The number of hydrogen-bond acceptors (Lipinski definition) is 5. The second kappa shape index (κ2) is 9.87. The van der Waals surface area contributed by atoms with Gasteiger partial charge < -0.3 is 24.5 Å². The molecule has 2 atom stereocenters. The molecule has 1 saturated heterocycles. The lowest BCUT2D eigenvalue weighted by Crippen LogP contribution is -2.50. The Morgan fingerprint density at radius 2 is 1.90 bits per heavy atom. The Morgan fingerprint density at radius 1 is 1.10 bits per heavy atom. The Morgan fingerprint density at radius 3 is 2.62 bits per heavy atom. The summed E-state index contributed by atoms with van der Waals surface area (Å²) >= 11 is 0. The highest BCUT2D eigenvalue weighted by Gasteiger charge is 2.32. The van der Waals surface area contributed by atoms with E-state index in [1.807, 2.05) is 18.3 Å². The maximum atomic E-state index is 14.3. The van der Waals surface area contributed by atoms with Gasteiger partial charge in [0.15, 0.2) is 5.82 Å². The summed E-state index contributed by atoms with van der Waals surface area (Å²) in [7, 11) is 1.63. The van der Waals surface area contributed by atoms with Crippen LogP contribution in [0.2, 0.25) is 0 Å². The van der Waals surface area contributed by atoms with Crippen molar-refractivity contribution in [2.45, 2.75) is 64.3 Å². The lowest BCUT2D eigenvalue weighted by molar-refractivity contribution is 0.0606. The molecular weight excluding hydrogens is 507 g/mol. The third-order valence-corrected chi connectivity index (χ3v) is 8.93. The van der Waals surface area contributed by atoms with Crippen LogP contribution < -0.4 is 10.5 Å². The van der Waals surface area contributed by atoms with Gasteiger partial charge in [0.25, 0.3) is 5.91 Å². The van der Waals surface area contributed by atoms with Crippen LogP contribution in [0.25, 0.3) is 33.6 Å². The summed E-state index contributed by atoms with van der Waals surface area (Å²) in [5, 5.41) is 1.10. The van der Waals surface area contributed by atoms with E-state index in [9.17, 15) is 9.18 Å². The third-order valence-electron chi connectivity index (χ3n) is 8.93. The summed E-state index contributed by atoms with van der Waals surface area (Å²) in [6.07, 6.45) is 5.86. The van der Waals surface area contributed by atoms with Crippen LogP contribution in [0.15, 0.2) is 36.5 Å². The Hall–Kier alpha value is -3.46. The first-order chi connectivity index (χ1) is 19.4. The number of imidazole rings is 1. The molecule has 4 aromatic rings. The maximum absolute atomic E-state index is 14.3. The van der Waals surface area contributed by atoms with Gasteiger partial charge in [-0.25, -0.2) is 14.4 Å². The van der Waals surface area contributed by atoms with Gasteiger partial charge in [0.1, 0.15) is 23.1 Å². The highest BCUT2D eigenvalue weighted by atomic mass is 19.1. The van der Waals surface area contributed by atoms with Crippen LogP contribution in [-0.2, 0) is 13.1 Å². The van der Waals surface area contributed by atoms with E-state index in [1.54, 1.807) is 13.2 Å². The number of piperidine rings is 1. The molecule has 40 heavy (non-hydrogen) atoms. The molecule has 7 rings (SSSR count). The summed E-state index contributed by atoms with van der Waals surface area (Å²) in [5.41, 5.74) is 10.1. The number of hydrogen-bond donors (Lipinski definition) is 1. The molecule has 2 aliphatic carbocycles. The van der Waals surface area contributed by atoms with Crippen molar-refractivity contribution in [3.63, 3.8) is 0 Å². The molecule has 0 spiro atoms. The molecule has 4 heterocycles. The number of likely N-dealkylation sites (tertiary alicyclic amines) is 1. The number of carbonyl (C=O) groups is 1. The number of methoxy groups -OCH3 is 1. The van der Waals surface area contributed by atoms with Gasteiger partial charge in [-0.3, -0.25) is 4.79 Å². The predicted octanol–water partition coefficient (Wildman–Crippen LogP) is 5.03. The highest BCUT2D eigenvalue weighted by molar-refractivity contribution is 6.00. The van der Waals surface area contributed by atoms with Gasteiger partial charge in [0.05, 0.1) is 24.9 Å². The summed E-state index contributed by atoms with van der Waals surface area (Å²) < 4.78 is 24.8. The van der Waals surface area contributed by atoms with Crippen molar-refractivity contribution in [3.8, 4) is 17.3 Å². The van der Waals surface area contributed by atoms with E-state index in [4.69, 9.17) is 20.4 Å². The van der Waals surface area contributed by atoms with Crippen LogP contribution in [0.5, 0.6) is 5.75 Å². The number of rotatable bonds is 7. The molecule has 2 N–H and O–H groups in total. The molecule has 0 bridgehead atoms. The number of pyridine rings is 1. The number of ether oxygens (including phenoxy) is 1. The quantitative estimate of drug-likeness (QED) is 0.353. The molecule has 8 nitrogen and oxygen atoms in total. The maximum Gasteiger partial charge on any atom is 0.254 e. The van der Waals surface area contributed by atoms with Crippen LogP contribution in [0, 0.1) is 17.8 Å². The zero-order valence-corrected chi connectivity index (χ0v) is 23.2.